The summed E-state index contributed by atoms with van der Waals surface area (Å²) in [7, 11) is 0. The first kappa shape index (κ1) is 11.7. The van der Waals surface area contributed by atoms with Gasteiger partial charge in [0.05, 0.1) is 0 Å². The van der Waals surface area contributed by atoms with Crippen LogP contribution in [0.15, 0.2) is 22.7 Å². The van der Waals surface area contributed by atoms with Gasteiger partial charge in [0.1, 0.15) is 0 Å². The molecule has 0 saturated heterocycles. The molecule has 1 aromatic rings. The highest BCUT2D eigenvalue weighted by Gasteiger charge is 2.19. The van der Waals surface area contributed by atoms with Crippen LogP contribution in [0.4, 0.5) is 0 Å². The van der Waals surface area contributed by atoms with Crippen molar-refractivity contribution < 1.29 is 0 Å². The summed E-state index contributed by atoms with van der Waals surface area (Å²) < 4.78 is 1.18. The highest BCUT2D eigenvalue weighted by molar-refractivity contribution is 9.10. The molecule has 0 spiro atoms. The number of hydrogen-bond donors (Lipinski definition) is 1. The minimum absolute atomic E-state index is 0.172. The van der Waals surface area contributed by atoms with Crippen molar-refractivity contribution in [3.05, 3.63) is 33.8 Å². The van der Waals surface area contributed by atoms with Crippen LogP contribution in [-0.2, 0) is 5.41 Å². The monoisotopic (exact) mass is 255 g/mol. The van der Waals surface area contributed by atoms with Gasteiger partial charge >= 0.3 is 0 Å². The molecule has 0 bridgehead atoms. The minimum atomic E-state index is 0.172. The van der Waals surface area contributed by atoms with Crippen LogP contribution in [0, 0.1) is 6.92 Å². The summed E-state index contributed by atoms with van der Waals surface area (Å²) in [6.07, 6.45) is 1.02. The Morgan fingerprint density at radius 3 is 2.50 bits per heavy atom. The van der Waals surface area contributed by atoms with Gasteiger partial charge in [-0.1, -0.05) is 41.9 Å². The number of nitrogens with two attached hydrogens (primary N) is 1. The molecular formula is C12H18BrN. The zero-order chi connectivity index (χ0) is 10.8. The molecule has 0 unspecified atom stereocenters. The van der Waals surface area contributed by atoms with Gasteiger partial charge in [-0.15, -0.1) is 0 Å². The predicted molar refractivity (Wildman–Crippen MR) is 65.6 cm³/mol. The Labute approximate surface area is 94.8 Å². The Bertz CT molecular complexity index is 318. The van der Waals surface area contributed by atoms with Gasteiger partial charge in [0, 0.05) is 4.47 Å². The molecule has 2 N–H and O–H groups in total. The van der Waals surface area contributed by atoms with Gasteiger partial charge in [0.25, 0.3) is 0 Å². The van der Waals surface area contributed by atoms with Gasteiger partial charge in [0.15, 0.2) is 0 Å². The van der Waals surface area contributed by atoms with Gasteiger partial charge in [-0.25, -0.2) is 0 Å². The molecule has 1 nitrogen and oxygen atoms in total. The van der Waals surface area contributed by atoms with Crippen LogP contribution in [0.3, 0.4) is 0 Å². The fraction of sp³-hybridized carbons (Fsp3) is 0.500. The van der Waals surface area contributed by atoms with E-state index < -0.39 is 0 Å². The first-order valence-electron chi connectivity index (χ1n) is 4.94. The summed E-state index contributed by atoms with van der Waals surface area (Å²) in [6, 6.07) is 6.54. The van der Waals surface area contributed by atoms with Gasteiger partial charge < -0.3 is 5.73 Å². The standard InChI is InChI=1S/C12H18BrN/c1-9-4-5-10(8-11(9)13)12(2,3)6-7-14/h4-5,8H,6-7,14H2,1-3H3. The third kappa shape index (κ3) is 2.58. The van der Waals surface area contributed by atoms with Gasteiger partial charge in [-0.3, -0.25) is 0 Å². The van der Waals surface area contributed by atoms with Crippen molar-refractivity contribution >= 4 is 15.9 Å². The molecule has 1 rings (SSSR count). The molecule has 0 aliphatic carbocycles. The zero-order valence-electron chi connectivity index (χ0n) is 9.10. The highest BCUT2D eigenvalue weighted by atomic mass is 79.9. The third-order valence-electron chi connectivity index (χ3n) is 2.72. The van der Waals surface area contributed by atoms with Crippen LogP contribution in [0.25, 0.3) is 0 Å². The fourth-order valence-electron chi connectivity index (χ4n) is 1.52. The second-order valence-electron chi connectivity index (χ2n) is 4.39. The van der Waals surface area contributed by atoms with Crippen LogP contribution < -0.4 is 5.73 Å². The van der Waals surface area contributed by atoms with Crippen molar-refractivity contribution in [1.29, 1.82) is 0 Å². The van der Waals surface area contributed by atoms with E-state index in [2.05, 4.69) is 54.9 Å². The summed E-state index contributed by atoms with van der Waals surface area (Å²) in [5, 5.41) is 0. The largest absolute Gasteiger partial charge is 0.330 e. The van der Waals surface area contributed by atoms with E-state index in [0.29, 0.717) is 0 Å². The lowest BCUT2D eigenvalue weighted by Crippen LogP contribution is -2.21. The first-order chi connectivity index (χ1) is 6.47. The van der Waals surface area contributed by atoms with Crippen molar-refractivity contribution in [1.82, 2.24) is 0 Å². The smallest absolute Gasteiger partial charge is 0.0207 e. The second kappa shape index (κ2) is 4.45. The van der Waals surface area contributed by atoms with E-state index in [1.807, 2.05) is 0 Å². The van der Waals surface area contributed by atoms with E-state index in [-0.39, 0.29) is 5.41 Å². The minimum Gasteiger partial charge on any atom is -0.330 e. The maximum absolute atomic E-state index is 5.61. The molecule has 0 aliphatic heterocycles. The quantitative estimate of drug-likeness (QED) is 0.881. The van der Waals surface area contributed by atoms with E-state index in [1.54, 1.807) is 0 Å². The molecule has 0 aliphatic rings. The molecular weight excluding hydrogens is 238 g/mol. The lowest BCUT2D eigenvalue weighted by molar-refractivity contribution is 0.487. The first-order valence-corrected chi connectivity index (χ1v) is 5.73. The average molecular weight is 256 g/mol. The van der Waals surface area contributed by atoms with Crippen LogP contribution in [-0.4, -0.2) is 6.54 Å². The summed E-state index contributed by atoms with van der Waals surface area (Å²) in [5.41, 5.74) is 8.40. The van der Waals surface area contributed by atoms with E-state index in [1.165, 1.54) is 15.6 Å². The number of halogens is 1. The zero-order valence-corrected chi connectivity index (χ0v) is 10.7. The number of benzene rings is 1. The SMILES string of the molecule is Cc1ccc(C(C)(C)CCN)cc1Br. The van der Waals surface area contributed by atoms with Gasteiger partial charge in [-0.2, -0.15) is 0 Å². The highest BCUT2D eigenvalue weighted by Crippen LogP contribution is 2.29. The second-order valence-corrected chi connectivity index (χ2v) is 5.24. The molecule has 0 atom stereocenters. The fourth-order valence-corrected chi connectivity index (χ4v) is 1.90. The molecule has 0 aromatic heterocycles. The van der Waals surface area contributed by atoms with E-state index >= 15 is 0 Å². The summed E-state index contributed by atoms with van der Waals surface area (Å²) >= 11 is 3.56. The molecule has 78 valence electrons. The molecule has 2 heteroatoms. The summed E-state index contributed by atoms with van der Waals surface area (Å²) in [4.78, 5) is 0. The summed E-state index contributed by atoms with van der Waals surface area (Å²) in [6.45, 7) is 7.30. The molecule has 0 radical (unpaired) electrons. The van der Waals surface area contributed by atoms with Crippen molar-refractivity contribution in [3.63, 3.8) is 0 Å². The van der Waals surface area contributed by atoms with Crippen molar-refractivity contribution in [2.75, 3.05) is 6.54 Å². The van der Waals surface area contributed by atoms with Crippen molar-refractivity contribution in [3.8, 4) is 0 Å². The van der Waals surface area contributed by atoms with Crippen LogP contribution in [0.1, 0.15) is 31.4 Å². The molecule has 0 amide bonds. The maximum atomic E-state index is 5.61. The number of hydrogen-bond acceptors (Lipinski definition) is 1. The van der Waals surface area contributed by atoms with E-state index in [4.69, 9.17) is 5.73 Å². The van der Waals surface area contributed by atoms with Crippen molar-refractivity contribution in [2.45, 2.75) is 32.6 Å². The van der Waals surface area contributed by atoms with Crippen LogP contribution in [0.2, 0.25) is 0 Å². The van der Waals surface area contributed by atoms with Gasteiger partial charge in [0.2, 0.25) is 0 Å². The lowest BCUT2D eigenvalue weighted by Gasteiger charge is -2.25. The Morgan fingerprint density at radius 2 is 2.00 bits per heavy atom. The average Bonchev–Trinajstić information content (AvgIpc) is 2.09. The van der Waals surface area contributed by atoms with Crippen LogP contribution in [0.5, 0.6) is 0 Å². The Kier molecular flexibility index (Phi) is 3.73. The molecule has 0 heterocycles. The topological polar surface area (TPSA) is 26.0 Å². The Hall–Kier alpha value is -0.340. The van der Waals surface area contributed by atoms with Gasteiger partial charge in [-0.05, 0) is 42.5 Å². The molecule has 14 heavy (non-hydrogen) atoms. The lowest BCUT2D eigenvalue weighted by atomic mass is 9.81. The van der Waals surface area contributed by atoms with E-state index in [0.717, 1.165) is 13.0 Å². The predicted octanol–water partition coefficient (Wildman–Crippen LogP) is 3.38. The molecule has 0 fully saturated rings. The number of aryl methyl sites for hydroxylation is 1. The normalized spacial score (nSPS) is 11.8. The van der Waals surface area contributed by atoms with E-state index in [9.17, 15) is 0 Å². The summed E-state index contributed by atoms with van der Waals surface area (Å²) in [5.74, 6) is 0. The Morgan fingerprint density at radius 1 is 1.36 bits per heavy atom. The van der Waals surface area contributed by atoms with Crippen LogP contribution >= 0.6 is 15.9 Å². The third-order valence-corrected chi connectivity index (χ3v) is 3.58. The molecule has 0 saturated carbocycles. The van der Waals surface area contributed by atoms with Crippen molar-refractivity contribution in [2.24, 2.45) is 5.73 Å². The Balaban J connectivity index is 3.01. The number of rotatable bonds is 3. The maximum Gasteiger partial charge on any atom is 0.0207 e. The molecule has 1 aromatic carbocycles.